The highest BCUT2D eigenvalue weighted by molar-refractivity contribution is 5.91. The molecule has 0 N–H and O–H groups in total. The summed E-state index contributed by atoms with van der Waals surface area (Å²) in [7, 11) is 0. The Morgan fingerprint density at radius 1 is 0.842 bits per heavy atom. The van der Waals surface area contributed by atoms with E-state index in [1.807, 2.05) is 0 Å². The molecule has 1 saturated heterocycles. The standard InChI is InChI=1S/C25H29FO12/c1-6-32-24(31)19(11-17-8-7-9-18(26)10-17)37-25-23(36-16(5)30)22(35-15(4)29)21(34-14(3)28)20(38-25)12-33-13(2)27/h7-11,20-23,25H,6,12H2,1-5H3/b19-11-/t20-,21-,22+,23-,25-/m0/s1. The van der Waals surface area contributed by atoms with Crippen LogP contribution < -0.4 is 0 Å². The molecule has 208 valence electrons. The van der Waals surface area contributed by atoms with Gasteiger partial charge in [0.25, 0.3) is 0 Å². The fourth-order valence-corrected chi connectivity index (χ4v) is 3.50. The first-order valence-corrected chi connectivity index (χ1v) is 11.5. The Morgan fingerprint density at radius 2 is 1.45 bits per heavy atom. The SMILES string of the molecule is CCOC(=O)/C(=C/c1cccc(F)c1)O[C@H]1O[C@@H](COC(C)=O)[C@H](OC(C)=O)[C@@H](OC(C)=O)[C@@H]1OC(C)=O. The minimum atomic E-state index is -1.67. The Morgan fingerprint density at radius 3 is 2.00 bits per heavy atom. The number of esters is 5. The summed E-state index contributed by atoms with van der Waals surface area (Å²) >= 11 is 0. The van der Waals surface area contributed by atoms with E-state index in [0.29, 0.717) is 0 Å². The predicted octanol–water partition coefficient (Wildman–Crippen LogP) is 1.83. The van der Waals surface area contributed by atoms with E-state index < -0.39 is 78.7 Å². The van der Waals surface area contributed by atoms with Gasteiger partial charge < -0.3 is 33.2 Å². The Hall–Kier alpha value is -4.00. The van der Waals surface area contributed by atoms with Gasteiger partial charge in [-0.15, -0.1) is 0 Å². The zero-order valence-corrected chi connectivity index (χ0v) is 21.5. The second-order valence-electron chi connectivity index (χ2n) is 7.97. The molecule has 0 amide bonds. The van der Waals surface area contributed by atoms with Gasteiger partial charge in [0.05, 0.1) is 6.61 Å². The van der Waals surface area contributed by atoms with E-state index in [1.54, 1.807) is 6.92 Å². The number of carbonyl (C=O) groups excluding carboxylic acids is 5. The maximum Gasteiger partial charge on any atom is 0.373 e. The van der Waals surface area contributed by atoms with E-state index in [-0.39, 0.29) is 12.2 Å². The van der Waals surface area contributed by atoms with Crippen molar-refractivity contribution in [3.05, 3.63) is 41.4 Å². The first kappa shape index (κ1) is 30.2. The van der Waals surface area contributed by atoms with Gasteiger partial charge >= 0.3 is 29.8 Å². The van der Waals surface area contributed by atoms with E-state index in [0.717, 1.165) is 39.8 Å². The van der Waals surface area contributed by atoms with Crippen molar-refractivity contribution < 1.29 is 61.5 Å². The summed E-state index contributed by atoms with van der Waals surface area (Å²) in [5.74, 6) is -5.22. The summed E-state index contributed by atoms with van der Waals surface area (Å²) < 4.78 is 51.3. The van der Waals surface area contributed by atoms with Crippen LogP contribution in [0, 0.1) is 5.82 Å². The van der Waals surface area contributed by atoms with Crippen LogP contribution in [0.4, 0.5) is 4.39 Å². The minimum absolute atomic E-state index is 0.0404. The van der Waals surface area contributed by atoms with Crippen LogP contribution in [0.5, 0.6) is 0 Å². The average molecular weight is 540 g/mol. The maximum atomic E-state index is 13.8. The summed E-state index contributed by atoms with van der Waals surface area (Å²) in [5, 5.41) is 0. The van der Waals surface area contributed by atoms with Gasteiger partial charge in [-0.1, -0.05) is 12.1 Å². The first-order chi connectivity index (χ1) is 17.9. The number of carbonyl (C=O) groups is 5. The third-order valence-corrected chi connectivity index (χ3v) is 4.81. The molecule has 5 atom stereocenters. The molecule has 1 aromatic rings. The Bertz CT molecular complexity index is 1070. The predicted molar refractivity (Wildman–Crippen MR) is 124 cm³/mol. The van der Waals surface area contributed by atoms with Crippen LogP contribution >= 0.6 is 0 Å². The van der Waals surface area contributed by atoms with E-state index in [2.05, 4.69) is 0 Å². The molecule has 1 fully saturated rings. The van der Waals surface area contributed by atoms with Crippen LogP contribution in [-0.2, 0) is 57.1 Å². The quantitative estimate of drug-likeness (QED) is 0.184. The van der Waals surface area contributed by atoms with Crippen LogP contribution in [0.15, 0.2) is 30.0 Å². The van der Waals surface area contributed by atoms with Crippen molar-refractivity contribution in [2.75, 3.05) is 13.2 Å². The molecule has 2 rings (SSSR count). The lowest BCUT2D eigenvalue weighted by atomic mass is 9.98. The zero-order valence-electron chi connectivity index (χ0n) is 21.5. The Kier molecular flexibility index (Phi) is 11.2. The highest BCUT2D eigenvalue weighted by Gasteiger charge is 2.53. The van der Waals surface area contributed by atoms with Gasteiger partial charge in [-0.05, 0) is 30.7 Å². The second-order valence-corrected chi connectivity index (χ2v) is 7.97. The number of benzene rings is 1. The van der Waals surface area contributed by atoms with Crippen molar-refractivity contribution in [3.63, 3.8) is 0 Å². The molecule has 38 heavy (non-hydrogen) atoms. The molecule has 1 aliphatic rings. The normalized spacial score (nSPS) is 23.0. The van der Waals surface area contributed by atoms with Crippen molar-refractivity contribution in [1.82, 2.24) is 0 Å². The molecular formula is C25H29FO12. The van der Waals surface area contributed by atoms with E-state index in [9.17, 15) is 28.4 Å². The summed E-state index contributed by atoms with van der Waals surface area (Å²) in [6, 6.07) is 5.20. The van der Waals surface area contributed by atoms with Crippen molar-refractivity contribution in [2.24, 2.45) is 0 Å². The lowest BCUT2D eigenvalue weighted by Crippen LogP contribution is -2.63. The van der Waals surface area contributed by atoms with Crippen LogP contribution in [-0.4, -0.2) is 73.8 Å². The number of halogens is 1. The molecule has 0 saturated carbocycles. The van der Waals surface area contributed by atoms with Gasteiger partial charge in [0, 0.05) is 27.7 Å². The van der Waals surface area contributed by atoms with Crippen LogP contribution in [0.25, 0.3) is 6.08 Å². The highest BCUT2D eigenvalue weighted by atomic mass is 19.1. The summed E-state index contributed by atoms with van der Waals surface area (Å²) in [5.41, 5.74) is 0.221. The molecule has 0 radical (unpaired) electrons. The largest absolute Gasteiger partial charge is 0.463 e. The van der Waals surface area contributed by atoms with Gasteiger partial charge in [-0.3, -0.25) is 19.2 Å². The lowest BCUT2D eigenvalue weighted by molar-refractivity contribution is -0.299. The smallest absolute Gasteiger partial charge is 0.373 e. The number of ether oxygens (including phenoxy) is 7. The molecular weight excluding hydrogens is 511 g/mol. The van der Waals surface area contributed by atoms with Crippen LogP contribution in [0.2, 0.25) is 0 Å². The van der Waals surface area contributed by atoms with Crippen molar-refractivity contribution in [1.29, 1.82) is 0 Å². The lowest BCUT2D eigenvalue weighted by Gasteiger charge is -2.43. The molecule has 0 aliphatic carbocycles. The van der Waals surface area contributed by atoms with Gasteiger partial charge in [0.1, 0.15) is 18.5 Å². The van der Waals surface area contributed by atoms with Crippen molar-refractivity contribution >= 4 is 35.9 Å². The molecule has 0 aromatic heterocycles. The maximum absolute atomic E-state index is 13.8. The van der Waals surface area contributed by atoms with E-state index >= 15 is 0 Å². The van der Waals surface area contributed by atoms with Gasteiger partial charge in [0.15, 0.2) is 12.2 Å². The van der Waals surface area contributed by atoms with Crippen molar-refractivity contribution in [3.8, 4) is 0 Å². The summed E-state index contributed by atoms with van der Waals surface area (Å²) in [4.78, 5) is 59.9. The fraction of sp³-hybridized carbons (Fsp3) is 0.480. The number of hydrogen-bond acceptors (Lipinski definition) is 12. The Labute approximate surface area is 217 Å². The second kappa shape index (κ2) is 14.1. The fourth-order valence-electron chi connectivity index (χ4n) is 3.50. The zero-order chi connectivity index (χ0) is 28.4. The topological polar surface area (TPSA) is 150 Å². The molecule has 0 spiro atoms. The van der Waals surface area contributed by atoms with E-state index in [4.69, 9.17) is 33.2 Å². The monoisotopic (exact) mass is 540 g/mol. The van der Waals surface area contributed by atoms with Gasteiger partial charge in [-0.2, -0.15) is 0 Å². The molecule has 1 aromatic carbocycles. The molecule has 1 aliphatic heterocycles. The molecule has 12 nitrogen and oxygen atoms in total. The minimum Gasteiger partial charge on any atom is -0.463 e. The average Bonchev–Trinajstić information content (AvgIpc) is 2.80. The van der Waals surface area contributed by atoms with Gasteiger partial charge in [0.2, 0.25) is 18.2 Å². The third kappa shape index (κ3) is 9.14. The number of hydrogen-bond donors (Lipinski definition) is 0. The van der Waals surface area contributed by atoms with Crippen molar-refractivity contribution in [2.45, 2.75) is 65.3 Å². The Balaban J connectivity index is 2.58. The summed E-state index contributed by atoms with van der Waals surface area (Å²) in [6.07, 6.45) is -6.27. The number of rotatable bonds is 10. The molecule has 0 bridgehead atoms. The first-order valence-electron chi connectivity index (χ1n) is 11.5. The van der Waals surface area contributed by atoms with E-state index in [1.165, 1.54) is 18.2 Å². The summed E-state index contributed by atoms with van der Waals surface area (Å²) in [6.45, 7) is 5.35. The van der Waals surface area contributed by atoms with Gasteiger partial charge in [-0.25, -0.2) is 9.18 Å². The molecule has 0 unspecified atom stereocenters. The molecule has 1 heterocycles. The molecule has 13 heteroatoms. The third-order valence-electron chi connectivity index (χ3n) is 4.81. The van der Waals surface area contributed by atoms with Crippen LogP contribution in [0.1, 0.15) is 40.2 Å². The highest BCUT2D eigenvalue weighted by Crippen LogP contribution is 2.31. The van der Waals surface area contributed by atoms with Crippen LogP contribution in [0.3, 0.4) is 0 Å².